The smallest absolute Gasteiger partial charge is 0.0801 e. The van der Waals surface area contributed by atoms with Crippen LogP contribution in [0.5, 0.6) is 0 Å². The Bertz CT molecular complexity index is 1490. The van der Waals surface area contributed by atoms with Crippen molar-refractivity contribution in [1.29, 1.82) is 0 Å². The van der Waals surface area contributed by atoms with Crippen molar-refractivity contribution in [2.75, 3.05) is 0 Å². The Kier molecular flexibility index (Phi) is 9.80. The molecule has 8 bridgehead atoms. The van der Waals surface area contributed by atoms with E-state index < -0.39 is 0 Å². The van der Waals surface area contributed by atoms with E-state index in [1.54, 1.807) is 0 Å². The molecule has 0 amide bonds. The van der Waals surface area contributed by atoms with Gasteiger partial charge in [-0.15, -0.1) is 0 Å². The van der Waals surface area contributed by atoms with Crippen molar-refractivity contribution in [2.45, 2.75) is 96.8 Å². The summed E-state index contributed by atoms with van der Waals surface area (Å²) in [6.07, 6.45) is 34.7. The average Bonchev–Trinajstić information content (AvgIpc) is 3.84. The fourth-order valence-electron chi connectivity index (χ4n) is 6.60. The van der Waals surface area contributed by atoms with Gasteiger partial charge in [0.25, 0.3) is 0 Å². The van der Waals surface area contributed by atoms with Crippen LogP contribution >= 0.6 is 31.9 Å². The third-order valence-corrected chi connectivity index (χ3v) is 10.5. The van der Waals surface area contributed by atoms with Gasteiger partial charge in [0.1, 0.15) is 0 Å². The minimum absolute atomic E-state index is 0.474. The molecule has 0 radical (unpaired) electrons. The van der Waals surface area contributed by atoms with Crippen molar-refractivity contribution < 1.29 is 0 Å². The van der Waals surface area contributed by atoms with Gasteiger partial charge in [0.2, 0.25) is 0 Å². The second-order valence-electron chi connectivity index (χ2n) is 11.9. The van der Waals surface area contributed by atoms with Crippen molar-refractivity contribution in [2.24, 2.45) is 25.9 Å². The molecule has 218 valence electrons. The van der Waals surface area contributed by atoms with Crippen LogP contribution in [0.25, 0.3) is 0 Å². The third kappa shape index (κ3) is 6.55. The Balaban J connectivity index is 1.35. The number of aliphatic imine (C=N–C) groups is 4. The highest BCUT2D eigenvalue weighted by atomic mass is 79.9. The number of hydrogen-bond donors (Lipinski definition) is 0. The van der Waals surface area contributed by atoms with E-state index in [9.17, 15) is 0 Å². The summed E-state index contributed by atoms with van der Waals surface area (Å²) in [5, 5.41) is 0. The van der Waals surface area contributed by atoms with E-state index in [4.69, 9.17) is 20.0 Å². The monoisotopic (exact) mass is 686 g/mol. The van der Waals surface area contributed by atoms with E-state index in [1.165, 1.54) is 88.2 Å². The van der Waals surface area contributed by atoms with Crippen LogP contribution in [-0.2, 0) is 0 Å². The zero-order valence-corrected chi connectivity index (χ0v) is 27.8. The lowest BCUT2D eigenvalue weighted by molar-refractivity contribution is 0.410. The first kappa shape index (κ1) is 29.6. The molecule has 0 spiro atoms. The van der Waals surface area contributed by atoms with Crippen LogP contribution < -0.4 is 0 Å². The van der Waals surface area contributed by atoms with Gasteiger partial charge in [-0.3, -0.25) is 0 Å². The quantitative estimate of drug-likeness (QED) is 0.205. The van der Waals surface area contributed by atoms with Crippen LogP contribution in [0.1, 0.15) is 96.8 Å². The number of fused-ring (bicyclic) bond motifs is 4. The number of nitrogens with zero attached hydrogens (tertiary/aromatic N) is 4. The van der Waals surface area contributed by atoms with Crippen molar-refractivity contribution in [3.8, 4) is 0 Å². The first-order valence-electron chi connectivity index (χ1n) is 16.0. The number of hydrogen-bond acceptors (Lipinski definition) is 4. The van der Waals surface area contributed by atoms with Crippen LogP contribution in [0.4, 0.5) is 0 Å². The van der Waals surface area contributed by atoms with Crippen LogP contribution in [0.2, 0.25) is 0 Å². The van der Waals surface area contributed by atoms with Gasteiger partial charge >= 0.3 is 0 Å². The van der Waals surface area contributed by atoms with E-state index in [1.807, 2.05) is 0 Å². The van der Waals surface area contributed by atoms with E-state index in [0.29, 0.717) is 5.92 Å². The molecule has 5 heterocycles. The van der Waals surface area contributed by atoms with E-state index in [-0.39, 0.29) is 0 Å². The Hall–Kier alpha value is -2.44. The number of rotatable bonds is 10. The maximum atomic E-state index is 5.15. The second kappa shape index (κ2) is 13.9. The van der Waals surface area contributed by atoms with Crippen LogP contribution in [0.15, 0.2) is 111 Å². The lowest BCUT2D eigenvalue weighted by Gasteiger charge is -2.25. The second-order valence-corrected chi connectivity index (χ2v) is 13.5. The normalized spacial score (nSPS) is 21.8. The summed E-state index contributed by atoms with van der Waals surface area (Å²) in [5.74, 6) is 0.474. The molecule has 0 aromatic carbocycles. The van der Waals surface area contributed by atoms with E-state index in [0.717, 1.165) is 67.4 Å². The molecular formula is C36H40Br2N4. The lowest BCUT2D eigenvalue weighted by Crippen LogP contribution is -2.16. The molecule has 0 N–H and O–H groups in total. The van der Waals surface area contributed by atoms with Crippen molar-refractivity contribution in [3.05, 3.63) is 91.5 Å². The Morgan fingerprint density at radius 3 is 1.74 bits per heavy atom. The van der Waals surface area contributed by atoms with Gasteiger partial charge in [-0.2, -0.15) is 0 Å². The zero-order chi connectivity index (χ0) is 28.9. The highest BCUT2D eigenvalue weighted by molar-refractivity contribution is 9.12. The SMILES string of the molecule is CCCCCCCCCCC1=C2C=CC(=N2)C(Br)=C2C=CC(=N2)C(C2CCCCC2)=C2C=CC(=N2)C(Br)=C2C=CC1=N2. The molecule has 0 unspecified atom stereocenters. The summed E-state index contributed by atoms with van der Waals surface area (Å²) in [6, 6.07) is 0. The molecule has 1 fully saturated rings. The van der Waals surface area contributed by atoms with Crippen LogP contribution in [0.3, 0.4) is 0 Å². The molecular weight excluding hydrogens is 648 g/mol. The molecule has 0 aromatic rings. The number of halogens is 2. The predicted molar refractivity (Wildman–Crippen MR) is 186 cm³/mol. The molecule has 42 heavy (non-hydrogen) atoms. The maximum absolute atomic E-state index is 5.15. The maximum Gasteiger partial charge on any atom is 0.0801 e. The molecule has 6 rings (SSSR count). The van der Waals surface area contributed by atoms with Gasteiger partial charge in [0.15, 0.2) is 0 Å². The van der Waals surface area contributed by atoms with E-state index >= 15 is 0 Å². The number of allylic oxidation sites excluding steroid dienone is 12. The number of unbranched alkanes of at least 4 members (excludes halogenated alkanes) is 7. The summed E-state index contributed by atoms with van der Waals surface area (Å²) in [6.45, 7) is 2.28. The topological polar surface area (TPSA) is 49.4 Å². The Morgan fingerprint density at radius 2 is 1.05 bits per heavy atom. The van der Waals surface area contributed by atoms with Crippen molar-refractivity contribution >= 4 is 54.7 Å². The first-order valence-corrected chi connectivity index (χ1v) is 17.6. The minimum Gasteiger partial charge on any atom is -0.247 e. The standard InChI is InChI=1S/C36H40Br2N4/c1-2-3-4-5-6-7-8-12-15-25-26-16-20-30(39-26)35(37)32-22-18-28(41-32)34(24-13-10-9-11-14-24)29-19-23-33(42-29)36(38)31-21-17-27(25)40-31/h16-24H,2-15H2,1H3. The molecule has 0 aromatic heterocycles. The fraction of sp³-hybridized carbons (Fsp3) is 0.444. The van der Waals surface area contributed by atoms with Crippen molar-refractivity contribution in [3.63, 3.8) is 0 Å². The summed E-state index contributed by atoms with van der Waals surface area (Å²) in [4.78, 5) is 20.5. The Labute approximate surface area is 267 Å². The van der Waals surface area contributed by atoms with Crippen molar-refractivity contribution in [1.82, 2.24) is 0 Å². The summed E-state index contributed by atoms with van der Waals surface area (Å²) >= 11 is 7.74. The first-order chi connectivity index (χ1) is 20.6. The lowest BCUT2D eigenvalue weighted by atomic mass is 9.81. The largest absolute Gasteiger partial charge is 0.247 e. The molecule has 1 saturated carbocycles. The molecule has 0 saturated heterocycles. The van der Waals surface area contributed by atoms with Gasteiger partial charge in [-0.25, -0.2) is 20.0 Å². The molecule has 6 heteroatoms. The Morgan fingerprint density at radius 1 is 0.548 bits per heavy atom. The summed E-state index contributed by atoms with van der Waals surface area (Å²) in [7, 11) is 0. The molecule has 6 aliphatic rings. The van der Waals surface area contributed by atoms with E-state index in [2.05, 4.69) is 87.4 Å². The molecule has 4 nitrogen and oxygen atoms in total. The van der Waals surface area contributed by atoms with Gasteiger partial charge in [0, 0.05) is 11.1 Å². The minimum atomic E-state index is 0.474. The van der Waals surface area contributed by atoms with Crippen LogP contribution in [-0.4, -0.2) is 22.8 Å². The summed E-state index contributed by atoms with van der Waals surface area (Å²) < 4.78 is 1.87. The molecule has 5 aliphatic heterocycles. The average molecular weight is 689 g/mol. The predicted octanol–water partition coefficient (Wildman–Crippen LogP) is 10.9. The summed E-state index contributed by atoms with van der Waals surface area (Å²) in [5.41, 5.74) is 10.2. The molecule has 0 atom stereocenters. The van der Waals surface area contributed by atoms with Gasteiger partial charge in [-0.05, 0) is 112 Å². The highest BCUT2D eigenvalue weighted by Crippen LogP contribution is 2.38. The fourth-order valence-corrected chi connectivity index (χ4v) is 7.48. The highest BCUT2D eigenvalue weighted by Gasteiger charge is 2.28. The van der Waals surface area contributed by atoms with Gasteiger partial charge in [-0.1, -0.05) is 71.1 Å². The third-order valence-electron chi connectivity index (χ3n) is 8.92. The van der Waals surface area contributed by atoms with Gasteiger partial charge < -0.3 is 0 Å². The molecule has 1 aliphatic carbocycles. The van der Waals surface area contributed by atoms with Crippen LogP contribution in [0, 0.1) is 5.92 Å². The zero-order valence-electron chi connectivity index (χ0n) is 24.6. The van der Waals surface area contributed by atoms with Gasteiger partial charge in [0.05, 0.1) is 54.6 Å².